The highest BCUT2D eigenvalue weighted by Gasteiger charge is 2.85. The lowest BCUT2D eigenvalue weighted by atomic mass is 9.42. The fraction of sp³-hybridized carbons (Fsp3) is 0.696. The van der Waals surface area contributed by atoms with Crippen molar-refractivity contribution in [2.45, 2.75) is 58.5 Å². The number of allylic oxidation sites excluding steroid dienone is 1. The maximum Gasteiger partial charge on any atom is 0.315 e. The van der Waals surface area contributed by atoms with Gasteiger partial charge < -0.3 is 19.5 Å². The van der Waals surface area contributed by atoms with E-state index < -0.39 is 22.2 Å². The molecule has 4 bridgehead atoms. The minimum Gasteiger partial charge on any atom is -0.481 e. The van der Waals surface area contributed by atoms with Crippen LogP contribution < -0.4 is 0 Å². The van der Waals surface area contributed by atoms with Crippen molar-refractivity contribution in [2.75, 3.05) is 0 Å². The monoisotopic (exact) mass is 399 g/mol. The van der Waals surface area contributed by atoms with Crippen molar-refractivity contribution in [2.24, 2.45) is 40.4 Å². The number of rotatable bonds is 5. The number of hydrogen-bond donors (Lipinski definition) is 2. The number of carbonyl (C=O) groups excluding carboxylic acids is 1. The van der Waals surface area contributed by atoms with Gasteiger partial charge in [0.25, 0.3) is 0 Å². The zero-order valence-corrected chi connectivity index (χ0v) is 17.2. The molecular weight excluding hydrogens is 370 g/mol. The van der Waals surface area contributed by atoms with Gasteiger partial charge in [0.15, 0.2) is 5.76 Å². The lowest BCUT2D eigenvalue weighted by Crippen LogP contribution is -2.64. The molecule has 3 saturated carbocycles. The third-order valence-corrected chi connectivity index (χ3v) is 9.10. The first kappa shape index (κ1) is 19.0. The van der Waals surface area contributed by atoms with Crippen molar-refractivity contribution in [1.82, 2.24) is 5.16 Å². The number of hydrogen-bond acceptors (Lipinski definition) is 5. The second-order valence-electron chi connectivity index (χ2n) is 10.1. The second kappa shape index (κ2) is 5.81. The molecule has 0 radical (unpaired) electrons. The normalized spacial score (nSPS) is 44.8. The summed E-state index contributed by atoms with van der Waals surface area (Å²) in [5, 5.41) is 24.7. The first-order chi connectivity index (χ1) is 13.8. The van der Waals surface area contributed by atoms with E-state index in [2.05, 4.69) is 18.2 Å². The molecule has 5 rings (SSSR count). The molecule has 6 nitrogen and oxygen atoms in total. The van der Waals surface area contributed by atoms with E-state index in [9.17, 15) is 19.8 Å². The molecule has 0 saturated heterocycles. The smallest absolute Gasteiger partial charge is 0.315 e. The quantitative estimate of drug-likeness (QED) is 0.582. The van der Waals surface area contributed by atoms with Gasteiger partial charge in [0.2, 0.25) is 0 Å². The van der Waals surface area contributed by atoms with Crippen molar-refractivity contribution in [1.29, 1.82) is 0 Å². The van der Waals surface area contributed by atoms with Crippen LogP contribution in [0.1, 0.15) is 57.9 Å². The van der Waals surface area contributed by atoms with Crippen molar-refractivity contribution >= 4 is 12.3 Å². The highest BCUT2D eigenvalue weighted by molar-refractivity contribution is 5.92. The molecule has 3 fully saturated rings. The van der Waals surface area contributed by atoms with Gasteiger partial charge in [-0.25, -0.2) is 0 Å². The summed E-state index contributed by atoms with van der Waals surface area (Å²) in [6, 6.07) is 1.72. The molecule has 1 heterocycles. The summed E-state index contributed by atoms with van der Waals surface area (Å²) < 4.78 is 5.36. The van der Waals surface area contributed by atoms with E-state index in [0.717, 1.165) is 24.7 Å². The molecular formula is C23H29NO5. The van der Waals surface area contributed by atoms with Crippen LogP contribution in [0.25, 0.3) is 0 Å². The zero-order chi connectivity index (χ0) is 20.8. The van der Waals surface area contributed by atoms with Gasteiger partial charge in [-0.05, 0) is 48.9 Å². The molecule has 0 amide bonds. The van der Waals surface area contributed by atoms with Gasteiger partial charge in [-0.2, -0.15) is 0 Å². The van der Waals surface area contributed by atoms with Crippen LogP contribution in [0.15, 0.2) is 22.2 Å². The van der Waals surface area contributed by atoms with Gasteiger partial charge in [-0.1, -0.05) is 44.0 Å². The molecule has 6 heteroatoms. The fourth-order valence-electron chi connectivity index (χ4n) is 8.26. The van der Waals surface area contributed by atoms with E-state index in [1.54, 1.807) is 6.07 Å². The summed E-state index contributed by atoms with van der Waals surface area (Å²) in [4.78, 5) is 26.2. The van der Waals surface area contributed by atoms with Crippen LogP contribution in [0.2, 0.25) is 0 Å². The third-order valence-electron chi connectivity index (χ3n) is 9.10. The maximum atomic E-state index is 13.3. The molecule has 0 unspecified atom stereocenters. The van der Waals surface area contributed by atoms with Crippen molar-refractivity contribution in [3.63, 3.8) is 0 Å². The minimum absolute atomic E-state index is 0.0229. The van der Waals surface area contributed by atoms with Gasteiger partial charge in [0.1, 0.15) is 18.3 Å². The lowest BCUT2D eigenvalue weighted by Gasteiger charge is -2.57. The van der Waals surface area contributed by atoms with Gasteiger partial charge in [0, 0.05) is 11.5 Å². The molecule has 29 heavy (non-hydrogen) atoms. The molecule has 4 aliphatic carbocycles. The molecule has 7 atom stereocenters. The van der Waals surface area contributed by atoms with E-state index in [4.69, 9.17) is 4.52 Å². The summed E-state index contributed by atoms with van der Waals surface area (Å²) in [6.45, 7) is 6.00. The third kappa shape index (κ3) is 1.82. The summed E-state index contributed by atoms with van der Waals surface area (Å²) in [5.74, 6) is 0.240. The standard InChI is InChI=1S/C23H29NO5/c1-12(2)18-6-14-8-21(11-26)17-5-4-13(3)16(17)9-22(14,23(18,21)20(27)28)19-7-15(10-25)29-24-19/h6-7,11-14,16-17,25H,4-5,8-10H2,1-3H3,(H,27,28)/t13-,14+,16-,17-,21+,22-,23+/m1/s1. The molecule has 0 aliphatic heterocycles. The Morgan fingerprint density at radius 2 is 2.14 bits per heavy atom. The average Bonchev–Trinajstić information content (AvgIpc) is 3.41. The molecule has 156 valence electrons. The first-order valence-electron chi connectivity index (χ1n) is 10.8. The van der Waals surface area contributed by atoms with E-state index in [1.807, 2.05) is 13.8 Å². The van der Waals surface area contributed by atoms with Crippen LogP contribution in [-0.2, 0) is 21.6 Å². The van der Waals surface area contributed by atoms with Gasteiger partial charge >= 0.3 is 5.97 Å². The van der Waals surface area contributed by atoms with Crippen LogP contribution >= 0.6 is 0 Å². The summed E-state index contributed by atoms with van der Waals surface area (Å²) in [7, 11) is 0. The summed E-state index contributed by atoms with van der Waals surface area (Å²) in [6.07, 6.45) is 6.35. The Kier molecular flexibility index (Phi) is 3.81. The predicted molar refractivity (Wildman–Crippen MR) is 104 cm³/mol. The van der Waals surface area contributed by atoms with Gasteiger partial charge in [0.05, 0.1) is 11.1 Å². The molecule has 2 N–H and O–H groups in total. The van der Waals surface area contributed by atoms with Crippen LogP contribution in [0.3, 0.4) is 0 Å². The van der Waals surface area contributed by atoms with Gasteiger partial charge in [-0.3, -0.25) is 4.79 Å². The lowest BCUT2D eigenvalue weighted by molar-refractivity contribution is -0.172. The van der Waals surface area contributed by atoms with Crippen LogP contribution in [0.4, 0.5) is 0 Å². The number of carboxylic acids is 1. The number of aliphatic hydroxyl groups is 1. The molecule has 0 aromatic carbocycles. The number of carboxylic acid groups (broad SMARTS) is 1. The Bertz CT molecular complexity index is 918. The zero-order valence-electron chi connectivity index (χ0n) is 17.2. The Hall–Kier alpha value is -1.95. The number of aliphatic carboxylic acids is 1. The highest BCUT2D eigenvalue weighted by Crippen LogP contribution is 2.82. The van der Waals surface area contributed by atoms with E-state index in [0.29, 0.717) is 36.1 Å². The molecule has 4 aliphatic rings. The van der Waals surface area contributed by atoms with E-state index in [1.165, 1.54) is 0 Å². The van der Waals surface area contributed by atoms with E-state index >= 15 is 0 Å². The largest absolute Gasteiger partial charge is 0.481 e. The molecule has 1 aromatic heterocycles. The molecule has 1 aromatic rings. The Balaban J connectivity index is 1.85. The van der Waals surface area contributed by atoms with Crippen molar-refractivity contribution < 1.29 is 24.3 Å². The van der Waals surface area contributed by atoms with Crippen LogP contribution in [-0.4, -0.2) is 27.6 Å². The van der Waals surface area contributed by atoms with Crippen molar-refractivity contribution in [3.8, 4) is 0 Å². The maximum absolute atomic E-state index is 13.3. The average molecular weight is 399 g/mol. The van der Waals surface area contributed by atoms with Crippen LogP contribution in [0, 0.1) is 40.4 Å². The number of carbonyl (C=O) groups is 2. The van der Waals surface area contributed by atoms with Crippen LogP contribution in [0.5, 0.6) is 0 Å². The number of aldehydes is 1. The number of aromatic nitrogens is 1. The Morgan fingerprint density at radius 3 is 2.72 bits per heavy atom. The van der Waals surface area contributed by atoms with E-state index in [-0.39, 0.29) is 24.4 Å². The Labute approximate surface area is 170 Å². The summed E-state index contributed by atoms with van der Waals surface area (Å²) >= 11 is 0. The fourth-order valence-corrected chi connectivity index (χ4v) is 8.26. The number of aliphatic hydroxyl groups excluding tert-OH is 1. The first-order valence-corrected chi connectivity index (χ1v) is 10.8. The van der Waals surface area contributed by atoms with Crippen molar-refractivity contribution in [3.05, 3.63) is 29.2 Å². The SMILES string of the molecule is CC(C)C1=C[C@H]2C[C@]3(C=O)[C@@H]4CC[C@@H](C)[C@H]4C[C@@]2(c2cc(CO)on2)[C@]13C(=O)O. The highest BCUT2D eigenvalue weighted by atomic mass is 16.5. The Morgan fingerprint density at radius 1 is 1.38 bits per heavy atom. The number of fused-ring (bicyclic) bond motifs is 2. The second-order valence-corrected chi connectivity index (χ2v) is 10.1. The topological polar surface area (TPSA) is 101 Å². The predicted octanol–water partition coefficient (Wildman–Crippen LogP) is 3.34. The van der Waals surface area contributed by atoms with Gasteiger partial charge in [-0.15, -0.1) is 0 Å². The summed E-state index contributed by atoms with van der Waals surface area (Å²) in [5.41, 5.74) is -1.53. The molecule has 0 spiro atoms. The minimum atomic E-state index is -1.30. The number of nitrogens with zero attached hydrogens (tertiary/aromatic N) is 1.